The number of aromatic nitrogens is 1. The zero-order chi connectivity index (χ0) is 16.2. The standard InChI is InChI=1S/C17H18N4OS/c1-21-8-2-3-14(11-21)16(22)20-17-19-10-15(23-17)13-6-4-12(9-18)5-7-13/h4-7,10,14H,2-3,8,11H2,1H3,(H,19,20,22). The van der Waals surface area contributed by atoms with Gasteiger partial charge in [0.25, 0.3) is 0 Å². The van der Waals surface area contributed by atoms with E-state index in [9.17, 15) is 4.79 Å². The topological polar surface area (TPSA) is 69.0 Å². The third-order valence-electron chi connectivity index (χ3n) is 4.03. The molecule has 1 N–H and O–H groups in total. The molecule has 0 saturated carbocycles. The molecule has 1 unspecified atom stereocenters. The number of carbonyl (C=O) groups is 1. The summed E-state index contributed by atoms with van der Waals surface area (Å²) in [6.45, 7) is 1.86. The Morgan fingerprint density at radius 2 is 2.22 bits per heavy atom. The second kappa shape index (κ2) is 6.90. The molecule has 1 aliphatic rings. The molecule has 1 aromatic heterocycles. The predicted octanol–water partition coefficient (Wildman–Crippen LogP) is 2.96. The van der Waals surface area contributed by atoms with Crippen molar-refractivity contribution in [3.63, 3.8) is 0 Å². The van der Waals surface area contributed by atoms with Gasteiger partial charge in [0, 0.05) is 12.7 Å². The van der Waals surface area contributed by atoms with Gasteiger partial charge < -0.3 is 10.2 Å². The van der Waals surface area contributed by atoms with Gasteiger partial charge in [-0.05, 0) is 44.1 Å². The maximum atomic E-state index is 12.3. The first-order valence-electron chi connectivity index (χ1n) is 7.61. The molecule has 1 saturated heterocycles. The van der Waals surface area contributed by atoms with Crippen LogP contribution in [0.2, 0.25) is 0 Å². The number of hydrogen-bond donors (Lipinski definition) is 1. The summed E-state index contributed by atoms with van der Waals surface area (Å²) < 4.78 is 0. The number of amides is 1. The van der Waals surface area contributed by atoms with Crippen molar-refractivity contribution in [2.75, 3.05) is 25.5 Å². The molecule has 118 valence electrons. The van der Waals surface area contributed by atoms with Gasteiger partial charge >= 0.3 is 0 Å². The van der Waals surface area contributed by atoms with E-state index in [1.54, 1.807) is 18.3 Å². The highest BCUT2D eigenvalue weighted by Gasteiger charge is 2.24. The van der Waals surface area contributed by atoms with Gasteiger partial charge in [-0.2, -0.15) is 5.26 Å². The number of nitrogens with one attached hydrogen (secondary N) is 1. The van der Waals surface area contributed by atoms with Gasteiger partial charge in [-0.3, -0.25) is 4.79 Å². The molecule has 2 heterocycles. The van der Waals surface area contributed by atoms with Crippen LogP contribution in [-0.4, -0.2) is 35.9 Å². The summed E-state index contributed by atoms with van der Waals surface area (Å²) in [6.07, 6.45) is 3.75. The first-order valence-corrected chi connectivity index (χ1v) is 8.43. The summed E-state index contributed by atoms with van der Waals surface area (Å²) in [5.41, 5.74) is 1.63. The van der Waals surface area contributed by atoms with E-state index in [0.29, 0.717) is 10.7 Å². The minimum Gasteiger partial charge on any atom is -0.306 e. The number of nitriles is 1. The van der Waals surface area contributed by atoms with Gasteiger partial charge in [0.1, 0.15) is 0 Å². The average molecular weight is 326 g/mol. The van der Waals surface area contributed by atoms with E-state index >= 15 is 0 Å². The van der Waals surface area contributed by atoms with Gasteiger partial charge in [-0.25, -0.2) is 4.98 Å². The Kier molecular flexibility index (Phi) is 4.70. The molecule has 3 rings (SSSR count). The fourth-order valence-electron chi connectivity index (χ4n) is 2.76. The number of thiazole rings is 1. The Hall–Kier alpha value is -2.23. The molecule has 5 nitrogen and oxygen atoms in total. The van der Waals surface area contributed by atoms with Gasteiger partial charge in [0.15, 0.2) is 5.13 Å². The highest BCUT2D eigenvalue weighted by molar-refractivity contribution is 7.19. The van der Waals surface area contributed by atoms with Crippen LogP contribution in [0.15, 0.2) is 30.5 Å². The molecule has 0 radical (unpaired) electrons. The first kappa shape index (κ1) is 15.7. The number of benzene rings is 1. The average Bonchev–Trinajstić information content (AvgIpc) is 3.03. The zero-order valence-corrected chi connectivity index (χ0v) is 13.8. The van der Waals surface area contributed by atoms with E-state index in [0.717, 1.165) is 36.4 Å². The number of hydrogen-bond acceptors (Lipinski definition) is 5. The number of piperidine rings is 1. The maximum absolute atomic E-state index is 12.3. The lowest BCUT2D eigenvalue weighted by Gasteiger charge is -2.28. The number of carbonyl (C=O) groups excluding carboxylic acids is 1. The summed E-state index contributed by atoms with van der Waals surface area (Å²) in [7, 11) is 2.05. The lowest BCUT2D eigenvalue weighted by atomic mass is 9.98. The van der Waals surface area contributed by atoms with Crippen LogP contribution in [0.4, 0.5) is 5.13 Å². The van der Waals surface area contributed by atoms with Crippen LogP contribution in [-0.2, 0) is 4.79 Å². The van der Waals surface area contributed by atoms with Crippen molar-refractivity contribution in [3.8, 4) is 16.5 Å². The largest absolute Gasteiger partial charge is 0.306 e. The fraction of sp³-hybridized carbons (Fsp3) is 0.353. The second-order valence-electron chi connectivity index (χ2n) is 5.81. The Bertz CT molecular complexity index is 732. The molecule has 6 heteroatoms. The van der Waals surface area contributed by atoms with Crippen LogP contribution in [0.3, 0.4) is 0 Å². The molecule has 2 aromatic rings. The maximum Gasteiger partial charge on any atom is 0.230 e. The van der Waals surface area contributed by atoms with Crippen molar-refractivity contribution < 1.29 is 4.79 Å². The van der Waals surface area contributed by atoms with Crippen molar-refractivity contribution in [3.05, 3.63) is 36.0 Å². The van der Waals surface area contributed by atoms with Crippen LogP contribution in [0.1, 0.15) is 18.4 Å². The van der Waals surface area contributed by atoms with Crippen LogP contribution in [0, 0.1) is 17.2 Å². The second-order valence-corrected chi connectivity index (χ2v) is 6.84. The lowest BCUT2D eigenvalue weighted by molar-refractivity contribution is -0.121. The summed E-state index contributed by atoms with van der Waals surface area (Å²) in [6, 6.07) is 9.46. The van der Waals surface area contributed by atoms with Gasteiger partial charge in [0.2, 0.25) is 5.91 Å². The van der Waals surface area contributed by atoms with Crippen molar-refractivity contribution in [1.82, 2.24) is 9.88 Å². The Balaban J connectivity index is 1.67. The number of likely N-dealkylation sites (tertiary alicyclic amines) is 1. The highest BCUT2D eigenvalue weighted by Crippen LogP contribution is 2.29. The molecule has 1 aliphatic heterocycles. The number of nitrogens with zero attached hydrogens (tertiary/aromatic N) is 3. The molecule has 1 aromatic carbocycles. The quantitative estimate of drug-likeness (QED) is 0.941. The van der Waals surface area contributed by atoms with Crippen LogP contribution < -0.4 is 5.32 Å². The van der Waals surface area contributed by atoms with E-state index in [1.807, 2.05) is 19.2 Å². The van der Waals surface area contributed by atoms with E-state index < -0.39 is 0 Å². The van der Waals surface area contributed by atoms with Gasteiger partial charge in [0.05, 0.1) is 22.4 Å². The number of rotatable bonds is 3. The third kappa shape index (κ3) is 3.76. The Morgan fingerprint density at radius 3 is 2.91 bits per heavy atom. The Morgan fingerprint density at radius 1 is 1.43 bits per heavy atom. The summed E-state index contributed by atoms with van der Waals surface area (Å²) in [5, 5.41) is 12.4. The fourth-order valence-corrected chi connectivity index (χ4v) is 3.59. The summed E-state index contributed by atoms with van der Waals surface area (Å²) in [4.78, 5) is 19.8. The van der Waals surface area contributed by atoms with Crippen LogP contribution >= 0.6 is 11.3 Å². The SMILES string of the molecule is CN1CCCC(C(=O)Nc2ncc(-c3ccc(C#N)cc3)s2)C1. The van der Waals surface area contributed by atoms with Crippen LogP contribution in [0.5, 0.6) is 0 Å². The van der Waals surface area contributed by atoms with E-state index in [2.05, 4.69) is 21.3 Å². The molecule has 0 aliphatic carbocycles. The molecule has 1 atom stereocenters. The predicted molar refractivity (Wildman–Crippen MR) is 91.1 cm³/mol. The molecule has 0 bridgehead atoms. The molecule has 0 spiro atoms. The van der Waals surface area contributed by atoms with Gasteiger partial charge in [-0.15, -0.1) is 0 Å². The first-order chi connectivity index (χ1) is 11.2. The van der Waals surface area contributed by atoms with Crippen molar-refractivity contribution in [2.24, 2.45) is 5.92 Å². The summed E-state index contributed by atoms with van der Waals surface area (Å²) in [5.74, 6) is 0.0910. The number of anilines is 1. The van der Waals surface area contributed by atoms with Gasteiger partial charge in [-0.1, -0.05) is 23.5 Å². The van der Waals surface area contributed by atoms with E-state index in [-0.39, 0.29) is 11.8 Å². The minimum atomic E-state index is 0.0380. The molecule has 1 amide bonds. The minimum absolute atomic E-state index is 0.0380. The van der Waals surface area contributed by atoms with E-state index in [1.165, 1.54) is 11.3 Å². The summed E-state index contributed by atoms with van der Waals surface area (Å²) >= 11 is 1.45. The Labute approximate surface area is 139 Å². The molecule has 1 fully saturated rings. The third-order valence-corrected chi connectivity index (χ3v) is 4.99. The molecular weight excluding hydrogens is 308 g/mol. The normalized spacial score (nSPS) is 18.3. The van der Waals surface area contributed by atoms with Crippen molar-refractivity contribution in [1.29, 1.82) is 5.26 Å². The van der Waals surface area contributed by atoms with Crippen molar-refractivity contribution >= 4 is 22.4 Å². The smallest absolute Gasteiger partial charge is 0.230 e. The molecule has 23 heavy (non-hydrogen) atoms. The molecular formula is C17H18N4OS. The zero-order valence-electron chi connectivity index (χ0n) is 13.0. The monoisotopic (exact) mass is 326 g/mol. The van der Waals surface area contributed by atoms with Crippen molar-refractivity contribution in [2.45, 2.75) is 12.8 Å². The highest BCUT2D eigenvalue weighted by atomic mass is 32.1. The van der Waals surface area contributed by atoms with E-state index in [4.69, 9.17) is 5.26 Å². The lowest BCUT2D eigenvalue weighted by Crippen LogP contribution is -2.38. The van der Waals surface area contributed by atoms with Crippen LogP contribution in [0.25, 0.3) is 10.4 Å².